The first kappa shape index (κ1) is 24.4. The summed E-state index contributed by atoms with van der Waals surface area (Å²) in [6.07, 6.45) is 11.2. The molecular formula is C23H47N2O2P. The fraction of sp³-hybridized carbons (Fsp3) is 1.00. The zero-order valence-corrected chi connectivity index (χ0v) is 20.5. The Hall–Kier alpha value is 0.110. The van der Waals surface area contributed by atoms with Gasteiger partial charge in [0.2, 0.25) is 0 Å². The van der Waals surface area contributed by atoms with Crippen LogP contribution in [0.5, 0.6) is 0 Å². The molecule has 0 bridgehead atoms. The highest BCUT2D eigenvalue weighted by atomic mass is 31.2. The number of unbranched alkanes of at least 4 members (excludes halogenated alkanes) is 3. The molecule has 0 aromatic heterocycles. The first-order chi connectivity index (χ1) is 13.1. The molecule has 0 saturated carbocycles. The standard InChI is InChI=1S/C23H47N2O2P/c1-7-8-9-10-15-23(5,6)20-27-28(26,22(2,3)4)25-18-13-21(14-19-25)24-16-11-12-17-24/h21H,7-20H2,1-6H3. The van der Waals surface area contributed by atoms with Crippen molar-refractivity contribution >= 4 is 7.52 Å². The van der Waals surface area contributed by atoms with Crippen molar-refractivity contribution in [3.63, 3.8) is 0 Å². The number of rotatable bonds is 10. The first-order valence-corrected chi connectivity index (χ1v) is 13.4. The van der Waals surface area contributed by atoms with E-state index in [-0.39, 0.29) is 10.6 Å². The molecule has 0 spiro atoms. The lowest BCUT2D eigenvalue weighted by atomic mass is 9.88. The van der Waals surface area contributed by atoms with Gasteiger partial charge in [-0.05, 0) is 71.4 Å². The Bertz CT molecular complexity index is 501. The zero-order valence-electron chi connectivity index (χ0n) is 19.6. The Morgan fingerprint density at radius 2 is 1.54 bits per heavy atom. The molecule has 4 nitrogen and oxygen atoms in total. The van der Waals surface area contributed by atoms with Crippen molar-refractivity contribution in [2.24, 2.45) is 5.41 Å². The van der Waals surface area contributed by atoms with Gasteiger partial charge in [0.25, 0.3) is 7.52 Å². The van der Waals surface area contributed by atoms with Gasteiger partial charge >= 0.3 is 0 Å². The van der Waals surface area contributed by atoms with E-state index in [4.69, 9.17) is 4.52 Å². The van der Waals surface area contributed by atoms with E-state index in [9.17, 15) is 4.57 Å². The summed E-state index contributed by atoms with van der Waals surface area (Å²) in [4.78, 5) is 2.65. The van der Waals surface area contributed by atoms with Crippen molar-refractivity contribution in [3.05, 3.63) is 0 Å². The van der Waals surface area contributed by atoms with Gasteiger partial charge < -0.3 is 9.42 Å². The number of hydrogen-bond donors (Lipinski definition) is 0. The second-order valence-electron chi connectivity index (χ2n) is 10.9. The average Bonchev–Trinajstić information content (AvgIpc) is 3.17. The van der Waals surface area contributed by atoms with Crippen LogP contribution < -0.4 is 0 Å². The molecule has 2 aliphatic rings. The van der Waals surface area contributed by atoms with Crippen LogP contribution in [0.1, 0.15) is 99.3 Å². The summed E-state index contributed by atoms with van der Waals surface area (Å²) >= 11 is 0. The van der Waals surface area contributed by atoms with Crippen LogP contribution in [0.2, 0.25) is 0 Å². The monoisotopic (exact) mass is 414 g/mol. The van der Waals surface area contributed by atoms with Gasteiger partial charge in [0.05, 0.1) is 11.8 Å². The minimum atomic E-state index is -2.86. The molecule has 2 heterocycles. The summed E-state index contributed by atoms with van der Waals surface area (Å²) in [5.41, 5.74) is 0.0858. The van der Waals surface area contributed by atoms with E-state index in [0.29, 0.717) is 12.6 Å². The van der Waals surface area contributed by atoms with E-state index in [2.05, 4.69) is 51.1 Å². The normalized spacial score (nSPS) is 23.2. The summed E-state index contributed by atoms with van der Waals surface area (Å²) in [5.74, 6) is 0. The van der Waals surface area contributed by atoms with Gasteiger partial charge in [0.15, 0.2) is 0 Å². The molecule has 166 valence electrons. The second-order valence-corrected chi connectivity index (χ2v) is 14.1. The summed E-state index contributed by atoms with van der Waals surface area (Å²) in [7, 11) is -2.86. The van der Waals surface area contributed by atoms with Crippen molar-refractivity contribution in [1.82, 2.24) is 9.57 Å². The second kappa shape index (κ2) is 10.4. The van der Waals surface area contributed by atoms with Crippen LogP contribution in [0, 0.1) is 5.41 Å². The van der Waals surface area contributed by atoms with Crippen LogP contribution in [0.25, 0.3) is 0 Å². The largest absolute Gasteiger partial charge is 0.316 e. The van der Waals surface area contributed by atoms with E-state index >= 15 is 0 Å². The van der Waals surface area contributed by atoms with Crippen molar-refractivity contribution < 1.29 is 9.09 Å². The predicted molar refractivity (Wildman–Crippen MR) is 121 cm³/mol. The van der Waals surface area contributed by atoms with Crippen LogP contribution in [0.15, 0.2) is 0 Å². The van der Waals surface area contributed by atoms with Crippen molar-refractivity contribution in [3.8, 4) is 0 Å². The molecule has 2 rings (SSSR count). The SMILES string of the molecule is CCCCCCC(C)(C)COP(=O)(N1CCC(N2CCCC2)CC1)C(C)(C)C. The highest BCUT2D eigenvalue weighted by Crippen LogP contribution is 2.62. The third-order valence-electron chi connectivity index (χ3n) is 6.66. The smallest absolute Gasteiger partial charge is 0.277 e. The Labute approximate surface area is 175 Å². The molecule has 0 amide bonds. The topological polar surface area (TPSA) is 32.8 Å². The molecule has 1 atom stereocenters. The number of piperidine rings is 1. The Morgan fingerprint density at radius 3 is 2.07 bits per heavy atom. The van der Waals surface area contributed by atoms with Gasteiger partial charge in [-0.1, -0.05) is 46.5 Å². The third-order valence-corrected chi connectivity index (χ3v) is 9.97. The fourth-order valence-electron chi connectivity index (χ4n) is 4.65. The van der Waals surface area contributed by atoms with Crippen LogP contribution in [-0.2, 0) is 9.09 Å². The van der Waals surface area contributed by atoms with E-state index in [1.807, 2.05) is 0 Å². The van der Waals surface area contributed by atoms with Crippen LogP contribution >= 0.6 is 7.52 Å². The first-order valence-electron chi connectivity index (χ1n) is 11.8. The Kier molecular flexibility index (Phi) is 9.08. The molecule has 2 fully saturated rings. The quantitative estimate of drug-likeness (QED) is 0.300. The van der Waals surface area contributed by atoms with Crippen molar-refractivity contribution in [2.45, 2.75) is 111 Å². The van der Waals surface area contributed by atoms with Gasteiger partial charge in [-0.15, -0.1) is 0 Å². The molecule has 1 unspecified atom stereocenters. The highest BCUT2D eigenvalue weighted by Gasteiger charge is 2.46. The fourth-order valence-corrected chi connectivity index (χ4v) is 7.33. The Balaban J connectivity index is 1.93. The van der Waals surface area contributed by atoms with E-state index in [0.717, 1.165) is 32.4 Å². The molecule has 0 aromatic carbocycles. The van der Waals surface area contributed by atoms with Crippen LogP contribution in [0.3, 0.4) is 0 Å². The number of likely N-dealkylation sites (tertiary alicyclic amines) is 1. The van der Waals surface area contributed by atoms with Gasteiger partial charge in [-0.25, -0.2) is 4.67 Å². The Morgan fingerprint density at radius 1 is 0.929 bits per heavy atom. The molecule has 28 heavy (non-hydrogen) atoms. The summed E-state index contributed by atoms with van der Waals surface area (Å²) in [5, 5.41) is -0.341. The maximum absolute atomic E-state index is 14.1. The lowest BCUT2D eigenvalue weighted by Gasteiger charge is -2.44. The van der Waals surface area contributed by atoms with Crippen molar-refractivity contribution in [1.29, 1.82) is 0 Å². The summed E-state index contributed by atoms with van der Waals surface area (Å²) in [6, 6.07) is 0.683. The predicted octanol–water partition coefficient (Wildman–Crippen LogP) is 6.55. The molecule has 0 aromatic rings. The molecule has 0 aliphatic carbocycles. The van der Waals surface area contributed by atoms with Gasteiger partial charge in [0.1, 0.15) is 0 Å². The minimum absolute atomic E-state index is 0.0858. The molecule has 0 radical (unpaired) electrons. The molecule has 2 saturated heterocycles. The van der Waals surface area contributed by atoms with Crippen LogP contribution in [0.4, 0.5) is 0 Å². The molecule has 5 heteroatoms. The minimum Gasteiger partial charge on any atom is -0.316 e. The molecule has 0 N–H and O–H groups in total. The van der Waals surface area contributed by atoms with Gasteiger partial charge in [-0.3, -0.25) is 4.57 Å². The highest BCUT2D eigenvalue weighted by molar-refractivity contribution is 7.58. The molecular weight excluding hydrogens is 367 g/mol. The van der Waals surface area contributed by atoms with Gasteiger partial charge in [-0.2, -0.15) is 0 Å². The average molecular weight is 415 g/mol. The van der Waals surface area contributed by atoms with E-state index in [1.54, 1.807) is 0 Å². The zero-order chi connectivity index (χ0) is 20.8. The van der Waals surface area contributed by atoms with Gasteiger partial charge in [0, 0.05) is 19.1 Å². The maximum atomic E-state index is 14.1. The number of nitrogens with zero attached hydrogens (tertiary/aromatic N) is 2. The lowest BCUT2D eigenvalue weighted by molar-refractivity contribution is 0.123. The maximum Gasteiger partial charge on any atom is 0.277 e. The van der Waals surface area contributed by atoms with E-state index in [1.165, 1.54) is 51.6 Å². The van der Waals surface area contributed by atoms with E-state index < -0.39 is 7.52 Å². The third kappa shape index (κ3) is 6.56. The lowest BCUT2D eigenvalue weighted by Crippen LogP contribution is -2.45. The molecule has 2 aliphatic heterocycles. The summed E-state index contributed by atoms with van der Waals surface area (Å²) in [6.45, 7) is 18.0. The van der Waals surface area contributed by atoms with Crippen LogP contribution in [-0.4, -0.2) is 53.6 Å². The number of hydrogen-bond acceptors (Lipinski definition) is 3. The summed E-state index contributed by atoms with van der Waals surface area (Å²) < 4.78 is 22.7. The van der Waals surface area contributed by atoms with Crippen molar-refractivity contribution in [2.75, 3.05) is 32.8 Å².